The van der Waals surface area contributed by atoms with Crippen LogP contribution in [0.1, 0.15) is 70.6 Å². The molecular formula is C44H49NO7S. The zero-order valence-corrected chi connectivity index (χ0v) is 31.8. The van der Waals surface area contributed by atoms with Gasteiger partial charge in [-0.3, -0.25) is 19.1 Å². The van der Waals surface area contributed by atoms with Gasteiger partial charge in [0.25, 0.3) is 10.1 Å². The van der Waals surface area contributed by atoms with E-state index in [9.17, 15) is 18.0 Å². The maximum Gasteiger partial charge on any atom is 0.323 e. The van der Waals surface area contributed by atoms with Crippen molar-refractivity contribution in [1.82, 2.24) is 5.32 Å². The molecule has 0 saturated carbocycles. The van der Waals surface area contributed by atoms with Crippen LogP contribution in [0.15, 0.2) is 138 Å². The van der Waals surface area contributed by atoms with E-state index in [0.29, 0.717) is 0 Å². The van der Waals surface area contributed by atoms with Crippen molar-refractivity contribution < 1.29 is 31.7 Å². The second kappa shape index (κ2) is 17.3. The summed E-state index contributed by atoms with van der Waals surface area (Å²) in [5, 5.41) is 5.41. The van der Waals surface area contributed by atoms with E-state index < -0.39 is 51.3 Å². The zero-order valence-electron chi connectivity index (χ0n) is 31.0. The maximum absolute atomic E-state index is 14.1. The SMILES string of the molecule is CC(C)OC(=O)C(CC(CCCOS(=O)(=O)c1ccc2ccccc2c1)C(=O)OC(C)(C)C)NC(c1ccccc1)(c1ccccc1)c1ccccc1. The summed E-state index contributed by atoms with van der Waals surface area (Å²) in [6, 6.07) is 41.0. The molecule has 0 saturated heterocycles. The lowest BCUT2D eigenvalue weighted by molar-refractivity contribution is -0.161. The summed E-state index contributed by atoms with van der Waals surface area (Å²) in [5.74, 6) is -1.82. The van der Waals surface area contributed by atoms with E-state index in [1.807, 2.05) is 115 Å². The Morgan fingerprint density at radius 3 is 1.70 bits per heavy atom. The fourth-order valence-electron chi connectivity index (χ4n) is 6.50. The van der Waals surface area contributed by atoms with Crippen molar-refractivity contribution in [2.75, 3.05) is 6.61 Å². The van der Waals surface area contributed by atoms with E-state index in [0.717, 1.165) is 27.5 Å². The second-order valence-electron chi connectivity index (χ2n) is 14.4. The van der Waals surface area contributed by atoms with E-state index in [-0.39, 0.29) is 30.8 Å². The number of fused-ring (bicyclic) bond motifs is 1. The molecule has 0 radical (unpaired) electrons. The Hall–Kier alpha value is -4.83. The second-order valence-corrected chi connectivity index (χ2v) is 16.0. The minimum absolute atomic E-state index is 0.0200. The molecule has 0 amide bonds. The number of hydrogen-bond donors (Lipinski definition) is 1. The van der Waals surface area contributed by atoms with Crippen LogP contribution in [0.5, 0.6) is 0 Å². The van der Waals surface area contributed by atoms with Crippen molar-refractivity contribution in [1.29, 1.82) is 0 Å². The molecule has 0 aromatic heterocycles. The molecule has 0 bridgehead atoms. The van der Waals surface area contributed by atoms with Crippen LogP contribution in [0.3, 0.4) is 0 Å². The standard InChI is InChI=1S/C44H49NO7S/c1-32(2)51-42(47)40(45-44(36-21-9-6-10-22-36,37-23-11-7-12-24-37)38-25-13-8-14-26-38)31-35(41(46)52-43(3,4)5)20-17-29-50-53(48,49)39-28-27-33-18-15-16-19-34(33)30-39/h6-16,18-19,21-28,30,32,35,40,45H,17,20,29,31H2,1-5H3. The zero-order chi connectivity index (χ0) is 38.1. The highest BCUT2D eigenvalue weighted by atomic mass is 32.2. The van der Waals surface area contributed by atoms with Crippen molar-refractivity contribution in [3.8, 4) is 0 Å². The van der Waals surface area contributed by atoms with Gasteiger partial charge in [-0.2, -0.15) is 8.42 Å². The first-order valence-electron chi connectivity index (χ1n) is 18.0. The smallest absolute Gasteiger partial charge is 0.323 e. The third kappa shape index (κ3) is 10.2. The van der Waals surface area contributed by atoms with Gasteiger partial charge in [-0.15, -0.1) is 0 Å². The number of carbonyl (C=O) groups is 2. The van der Waals surface area contributed by atoms with Crippen molar-refractivity contribution in [3.05, 3.63) is 150 Å². The Morgan fingerprint density at radius 2 is 1.19 bits per heavy atom. The molecule has 0 fully saturated rings. The lowest BCUT2D eigenvalue weighted by Gasteiger charge is -2.40. The van der Waals surface area contributed by atoms with E-state index in [1.54, 1.807) is 46.8 Å². The normalized spacial score (nSPS) is 13.4. The van der Waals surface area contributed by atoms with Crippen molar-refractivity contribution in [3.63, 3.8) is 0 Å². The first-order valence-corrected chi connectivity index (χ1v) is 19.5. The Bertz CT molecular complexity index is 1960. The van der Waals surface area contributed by atoms with Gasteiger partial charge < -0.3 is 9.47 Å². The summed E-state index contributed by atoms with van der Waals surface area (Å²) >= 11 is 0. The van der Waals surface area contributed by atoms with Gasteiger partial charge in [-0.05, 0) is 93.5 Å². The Morgan fingerprint density at radius 1 is 0.679 bits per heavy atom. The van der Waals surface area contributed by atoms with Gasteiger partial charge in [0, 0.05) is 0 Å². The molecule has 0 aliphatic rings. The summed E-state index contributed by atoms with van der Waals surface area (Å²) in [4.78, 5) is 28.1. The molecule has 53 heavy (non-hydrogen) atoms. The monoisotopic (exact) mass is 735 g/mol. The predicted molar refractivity (Wildman–Crippen MR) is 208 cm³/mol. The van der Waals surface area contributed by atoms with Crippen molar-refractivity contribution >= 4 is 32.8 Å². The molecule has 9 heteroatoms. The van der Waals surface area contributed by atoms with Gasteiger partial charge in [-0.25, -0.2) is 0 Å². The van der Waals surface area contributed by atoms with Crippen molar-refractivity contribution in [2.24, 2.45) is 5.92 Å². The number of nitrogens with one attached hydrogen (secondary N) is 1. The average molecular weight is 736 g/mol. The molecule has 5 aromatic carbocycles. The molecule has 8 nitrogen and oxygen atoms in total. The molecular weight excluding hydrogens is 687 g/mol. The number of ether oxygens (including phenoxy) is 2. The van der Waals surface area contributed by atoms with Gasteiger partial charge in [0.15, 0.2) is 0 Å². The fraction of sp³-hybridized carbons (Fsp3) is 0.318. The van der Waals surface area contributed by atoms with Crippen LogP contribution in [0.4, 0.5) is 0 Å². The first kappa shape index (κ1) is 39.4. The molecule has 0 aliphatic heterocycles. The van der Waals surface area contributed by atoms with Crippen LogP contribution < -0.4 is 5.32 Å². The summed E-state index contributed by atoms with van der Waals surface area (Å²) in [7, 11) is -4.07. The number of carbonyl (C=O) groups excluding carboxylic acids is 2. The van der Waals surface area contributed by atoms with Gasteiger partial charge >= 0.3 is 11.9 Å². The molecule has 5 rings (SSSR count). The third-order valence-electron chi connectivity index (χ3n) is 8.85. The quantitative estimate of drug-likeness (QED) is 0.0465. The number of hydrogen-bond acceptors (Lipinski definition) is 8. The molecule has 0 aliphatic carbocycles. The summed E-state index contributed by atoms with van der Waals surface area (Å²) in [5.41, 5.74) is 0.844. The van der Waals surface area contributed by atoms with Crippen LogP contribution in [0.2, 0.25) is 0 Å². The topological polar surface area (TPSA) is 108 Å². The average Bonchev–Trinajstić information content (AvgIpc) is 3.14. The lowest BCUT2D eigenvalue weighted by atomic mass is 9.76. The van der Waals surface area contributed by atoms with E-state index in [2.05, 4.69) is 5.32 Å². The van der Waals surface area contributed by atoms with Crippen LogP contribution in [0, 0.1) is 5.92 Å². The van der Waals surface area contributed by atoms with E-state index in [4.69, 9.17) is 13.7 Å². The van der Waals surface area contributed by atoms with Crippen molar-refractivity contribution in [2.45, 2.75) is 82.1 Å². The van der Waals surface area contributed by atoms with Crippen LogP contribution in [-0.4, -0.2) is 44.7 Å². The maximum atomic E-state index is 14.1. The highest BCUT2D eigenvalue weighted by Crippen LogP contribution is 2.38. The fourth-order valence-corrected chi connectivity index (χ4v) is 7.47. The Kier molecular flexibility index (Phi) is 12.9. The van der Waals surface area contributed by atoms with E-state index >= 15 is 0 Å². The number of esters is 2. The molecule has 0 heterocycles. The largest absolute Gasteiger partial charge is 0.462 e. The number of benzene rings is 5. The van der Waals surface area contributed by atoms with Crippen LogP contribution in [0.25, 0.3) is 10.8 Å². The summed E-state index contributed by atoms with van der Waals surface area (Å²) in [6.45, 7) is 8.77. The molecule has 2 unspecified atom stereocenters. The summed E-state index contributed by atoms with van der Waals surface area (Å²) < 4.78 is 43.6. The molecule has 5 aromatic rings. The first-order chi connectivity index (χ1) is 25.3. The van der Waals surface area contributed by atoms with Gasteiger partial charge in [0.05, 0.1) is 29.1 Å². The van der Waals surface area contributed by atoms with Crippen LogP contribution in [-0.2, 0) is 38.9 Å². The lowest BCUT2D eigenvalue weighted by Crippen LogP contribution is -2.54. The van der Waals surface area contributed by atoms with E-state index in [1.165, 1.54) is 6.07 Å². The van der Waals surface area contributed by atoms with Gasteiger partial charge in [0.2, 0.25) is 0 Å². The molecule has 278 valence electrons. The Labute approximate surface area is 313 Å². The van der Waals surface area contributed by atoms with Gasteiger partial charge in [-0.1, -0.05) is 121 Å². The minimum Gasteiger partial charge on any atom is -0.462 e. The predicted octanol–water partition coefficient (Wildman–Crippen LogP) is 8.58. The summed E-state index contributed by atoms with van der Waals surface area (Å²) in [6.07, 6.45) is 0.0143. The third-order valence-corrected chi connectivity index (χ3v) is 10.2. The minimum atomic E-state index is -4.07. The highest BCUT2D eigenvalue weighted by molar-refractivity contribution is 7.86. The van der Waals surface area contributed by atoms with Crippen LogP contribution >= 0.6 is 0 Å². The Balaban J connectivity index is 1.47. The number of rotatable bonds is 16. The van der Waals surface area contributed by atoms with Gasteiger partial charge in [0.1, 0.15) is 11.6 Å². The highest BCUT2D eigenvalue weighted by Gasteiger charge is 2.42. The molecule has 2 atom stereocenters. The molecule has 0 spiro atoms. The molecule has 1 N–H and O–H groups in total.